The Morgan fingerprint density at radius 2 is 1.78 bits per heavy atom. The third-order valence-electron chi connectivity index (χ3n) is 5.17. The van der Waals surface area contributed by atoms with E-state index >= 15 is 0 Å². The quantitative estimate of drug-likeness (QED) is 0.394. The van der Waals surface area contributed by atoms with Crippen molar-refractivity contribution >= 4 is 39.1 Å². The highest BCUT2D eigenvalue weighted by atomic mass is 32.1. The van der Waals surface area contributed by atoms with E-state index in [4.69, 9.17) is 0 Å². The van der Waals surface area contributed by atoms with Crippen molar-refractivity contribution in [3.63, 3.8) is 0 Å². The first-order valence-corrected chi connectivity index (χ1v) is 11.5. The third-order valence-corrected chi connectivity index (χ3v) is 6.32. The van der Waals surface area contributed by atoms with Gasteiger partial charge in [0.1, 0.15) is 4.83 Å². The van der Waals surface area contributed by atoms with Gasteiger partial charge in [0.05, 0.1) is 17.1 Å². The van der Waals surface area contributed by atoms with Crippen molar-refractivity contribution in [2.45, 2.75) is 39.8 Å². The number of benzene rings is 2. The molecule has 0 spiro atoms. The lowest BCUT2D eigenvalue weighted by molar-refractivity contribution is -0.116. The van der Waals surface area contributed by atoms with Crippen molar-refractivity contribution in [3.8, 4) is 0 Å². The maximum Gasteiger partial charge on any atom is 0.261 e. The Balaban J connectivity index is 1.41. The molecule has 2 amide bonds. The second-order valence-corrected chi connectivity index (χ2v) is 8.77. The fourth-order valence-electron chi connectivity index (χ4n) is 3.51. The second kappa shape index (κ2) is 9.78. The minimum absolute atomic E-state index is 0.0134. The van der Waals surface area contributed by atoms with Crippen LogP contribution in [0.5, 0.6) is 0 Å². The highest BCUT2D eigenvalue weighted by Gasteiger charge is 2.16. The predicted molar refractivity (Wildman–Crippen MR) is 129 cm³/mol. The van der Waals surface area contributed by atoms with Gasteiger partial charge >= 0.3 is 0 Å². The van der Waals surface area contributed by atoms with Crippen LogP contribution in [0.15, 0.2) is 60.7 Å². The number of carbonyl (C=O) groups is 2. The van der Waals surface area contributed by atoms with E-state index in [0.717, 1.165) is 33.6 Å². The smallest absolute Gasteiger partial charge is 0.261 e. The summed E-state index contributed by atoms with van der Waals surface area (Å²) < 4.78 is 1.97. The zero-order valence-corrected chi connectivity index (χ0v) is 19.0. The molecule has 32 heavy (non-hydrogen) atoms. The fraction of sp³-hybridized carbons (Fsp3) is 0.240. The molecule has 0 aliphatic carbocycles. The Kier molecular flexibility index (Phi) is 6.66. The van der Waals surface area contributed by atoms with Gasteiger partial charge in [-0.1, -0.05) is 49.4 Å². The molecule has 2 aromatic carbocycles. The number of carbonyl (C=O) groups excluding carboxylic acids is 2. The lowest BCUT2D eigenvalue weighted by Crippen LogP contribution is -2.21. The van der Waals surface area contributed by atoms with Crippen LogP contribution in [0, 0.1) is 6.92 Å². The molecule has 4 aromatic rings. The molecule has 0 unspecified atom stereocenters. The van der Waals surface area contributed by atoms with Crippen LogP contribution in [0.2, 0.25) is 0 Å². The Labute approximate surface area is 191 Å². The minimum atomic E-state index is -0.0998. The van der Waals surface area contributed by atoms with E-state index in [-0.39, 0.29) is 11.8 Å². The standard InChI is InChI=1S/C25H26N4O2S/c1-3-7-23(30)27-20-12-10-18(11-13-20)15-26-24(31)22-14-21-17(2)28-29(25(21)32-22)16-19-8-5-4-6-9-19/h4-6,8-14H,3,7,15-16H2,1-2H3,(H,26,31)(H,27,30). The lowest BCUT2D eigenvalue weighted by Gasteiger charge is -2.07. The number of thiophene rings is 1. The first-order chi connectivity index (χ1) is 15.5. The largest absolute Gasteiger partial charge is 0.347 e. The SMILES string of the molecule is CCCC(=O)Nc1ccc(CNC(=O)c2cc3c(C)nn(Cc4ccccc4)c3s2)cc1. The molecule has 6 nitrogen and oxygen atoms in total. The predicted octanol–water partition coefficient (Wildman–Crippen LogP) is 5.12. The topological polar surface area (TPSA) is 76.0 Å². The summed E-state index contributed by atoms with van der Waals surface area (Å²) in [6.07, 6.45) is 1.33. The maximum absolute atomic E-state index is 12.8. The number of aromatic nitrogens is 2. The molecule has 0 aliphatic heterocycles. The molecule has 0 bridgehead atoms. The fourth-order valence-corrected chi connectivity index (χ4v) is 4.59. The number of nitrogens with zero attached hydrogens (tertiary/aromatic N) is 2. The van der Waals surface area contributed by atoms with Gasteiger partial charge in [0, 0.05) is 24.0 Å². The second-order valence-electron chi connectivity index (χ2n) is 7.74. The number of rotatable bonds is 8. The van der Waals surface area contributed by atoms with E-state index in [2.05, 4.69) is 27.9 Å². The Morgan fingerprint density at radius 1 is 1.03 bits per heavy atom. The van der Waals surface area contributed by atoms with E-state index in [1.165, 1.54) is 16.9 Å². The van der Waals surface area contributed by atoms with Crippen LogP contribution >= 0.6 is 11.3 Å². The monoisotopic (exact) mass is 446 g/mol. The van der Waals surface area contributed by atoms with E-state index < -0.39 is 0 Å². The molecule has 0 aliphatic rings. The van der Waals surface area contributed by atoms with Gasteiger partial charge in [-0.05, 0) is 42.7 Å². The van der Waals surface area contributed by atoms with Crippen molar-refractivity contribution in [3.05, 3.63) is 82.4 Å². The number of nitrogens with one attached hydrogen (secondary N) is 2. The van der Waals surface area contributed by atoms with Crippen molar-refractivity contribution in [2.24, 2.45) is 0 Å². The highest BCUT2D eigenvalue weighted by Crippen LogP contribution is 2.29. The van der Waals surface area contributed by atoms with Crippen LogP contribution in [0.25, 0.3) is 10.2 Å². The number of amides is 2. The summed E-state index contributed by atoms with van der Waals surface area (Å²) in [6, 6.07) is 19.6. The van der Waals surface area contributed by atoms with Crippen LogP contribution in [0.1, 0.15) is 46.3 Å². The molecule has 2 heterocycles. The molecule has 164 valence electrons. The zero-order chi connectivity index (χ0) is 22.5. The zero-order valence-electron chi connectivity index (χ0n) is 18.2. The average Bonchev–Trinajstić information content (AvgIpc) is 3.35. The normalized spacial score (nSPS) is 10.9. The summed E-state index contributed by atoms with van der Waals surface area (Å²) in [4.78, 5) is 26.1. The number of hydrogen-bond donors (Lipinski definition) is 2. The van der Waals surface area contributed by atoms with Gasteiger partial charge in [0.2, 0.25) is 5.91 Å². The van der Waals surface area contributed by atoms with Gasteiger partial charge in [0.25, 0.3) is 5.91 Å². The van der Waals surface area contributed by atoms with Crippen LogP contribution in [0.4, 0.5) is 5.69 Å². The number of hydrogen-bond acceptors (Lipinski definition) is 4. The van der Waals surface area contributed by atoms with E-state index in [1.807, 2.05) is 67.1 Å². The number of aryl methyl sites for hydroxylation is 1. The van der Waals surface area contributed by atoms with Crippen LogP contribution in [-0.4, -0.2) is 21.6 Å². The first kappa shape index (κ1) is 21.8. The number of fused-ring (bicyclic) bond motifs is 1. The summed E-state index contributed by atoms with van der Waals surface area (Å²) in [6.45, 7) is 5.04. The molecule has 2 aromatic heterocycles. The molecule has 0 saturated carbocycles. The van der Waals surface area contributed by atoms with E-state index in [1.54, 1.807) is 0 Å². The molecular formula is C25H26N4O2S. The first-order valence-electron chi connectivity index (χ1n) is 10.7. The van der Waals surface area contributed by atoms with E-state index in [0.29, 0.717) is 24.4 Å². The molecule has 0 atom stereocenters. The summed E-state index contributed by atoms with van der Waals surface area (Å²) in [5.74, 6) is -0.0865. The summed E-state index contributed by atoms with van der Waals surface area (Å²) in [5.41, 5.74) is 3.83. The summed E-state index contributed by atoms with van der Waals surface area (Å²) in [5, 5.41) is 11.5. The van der Waals surface area contributed by atoms with E-state index in [9.17, 15) is 9.59 Å². The molecule has 4 rings (SSSR count). The Hall–Kier alpha value is -3.45. The van der Waals surface area contributed by atoms with Crippen LogP contribution in [0.3, 0.4) is 0 Å². The van der Waals surface area contributed by atoms with Crippen molar-refractivity contribution in [1.29, 1.82) is 0 Å². The van der Waals surface area contributed by atoms with Gasteiger partial charge in [-0.25, -0.2) is 0 Å². The lowest BCUT2D eigenvalue weighted by atomic mass is 10.2. The van der Waals surface area contributed by atoms with Crippen LogP contribution < -0.4 is 10.6 Å². The minimum Gasteiger partial charge on any atom is -0.347 e. The summed E-state index contributed by atoms with van der Waals surface area (Å²) in [7, 11) is 0. The van der Waals surface area contributed by atoms with Crippen LogP contribution in [-0.2, 0) is 17.9 Å². The molecular weight excluding hydrogens is 420 g/mol. The third kappa shape index (κ3) is 5.06. The van der Waals surface area contributed by atoms with Gasteiger partial charge in [0.15, 0.2) is 0 Å². The van der Waals surface area contributed by atoms with Gasteiger partial charge in [-0.2, -0.15) is 5.10 Å². The Morgan fingerprint density at radius 3 is 2.50 bits per heavy atom. The van der Waals surface area contributed by atoms with Gasteiger partial charge in [-0.15, -0.1) is 11.3 Å². The molecule has 0 saturated heterocycles. The Bertz CT molecular complexity index is 1230. The van der Waals surface area contributed by atoms with Crippen molar-refractivity contribution < 1.29 is 9.59 Å². The maximum atomic E-state index is 12.8. The molecule has 0 fully saturated rings. The average molecular weight is 447 g/mol. The van der Waals surface area contributed by atoms with Gasteiger partial charge in [-0.3, -0.25) is 14.3 Å². The van der Waals surface area contributed by atoms with Gasteiger partial charge < -0.3 is 10.6 Å². The highest BCUT2D eigenvalue weighted by molar-refractivity contribution is 7.20. The molecule has 0 radical (unpaired) electrons. The summed E-state index contributed by atoms with van der Waals surface area (Å²) >= 11 is 1.46. The molecule has 2 N–H and O–H groups in total. The van der Waals surface area contributed by atoms with Crippen molar-refractivity contribution in [1.82, 2.24) is 15.1 Å². The number of anilines is 1. The molecule has 7 heteroatoms. The van der Waals surface area contributed by atoms with Crippen molar-refractivity contribution in [2.75, 3.05) is 5.32 Å².